The molecule has 0 aliphatic carbocycles. The zero-order chi connectivity index (χ0) is 5.98. The second-order valence-corrected chi connectivity index (χ2v) is 1.75. The zero-order valence-corrected chi connectivity index (χ0v) is 6.11. The average Bonchev–Trinajstić information content (AvgIpc) is 1.64. The van der Waals surface area contributed by atoms with Crippen LogP contribution in [0.4, 0.5) is 0 Å². The highest BCUT2D eigenvalue weighted by atomic mass is 35.5. The molecule has 1 heterocycles. The van der Waals surface area contributed by atoms with Gasteiger partial charge in [-0.05, 0) is 0 Å². The number of hydrogen-bond acceptors (Lipinski definition) is 3. The minimum Gasteiger partial charge on any atom is -0.458 e. The molecule has 9 heavy (non-hydrogen) atoms. The molecule has 0 radical (unpaired) electrons. The molecule has 4 heteroatoms. The van der Waals surface area contributed by atoms with Crippen molar-refractivity contribution >= 4 is 25.0 Å². The van der Waals surface area contributed by atoms with Crippen molar-refractivity contribution in [2.24, 2.45) is 0 Å². The van der Waals surface area contributed by atoms with Crippen molar-refractivity contribution in [1.29, 1.82) is 0 Å². The van der Waals surface area contributed by atoms with E-state index in [4.69, 9.17) is 0 Å². The summed E-state index contributed by atoms with van der Waals surface area (Å²) in [6.45, 7) is 0. The van der Waals surface area contributed by atoms with Gasteiger partial charge in [-0.3, -0.25) is 4.79 Å². The summed E-state index contributed by atoms with van der Waals surface area (Å²) in [6.07, 6.45) is 1.31. The highest BCUT2D eigenvalue weighted by Gasteiger charge is 1.83. The van der Waals surface area contributed by atoms with E-state index in [1.54, 1.807) is 0 Å². The molecule has 0 bridgehead atoms. The molecule has 1 rings (SSSR count). The Bertz CT molecular complexity index is 232. The molecule has 2 nitrogen and oxygen atoms in total. The zero-order valence-electron chi connectivity index (χ0n) is 4.40. The summed E-state index contributed by atoms with van der Waals surface area (Å²) in [5.41, 5.74) is -0.0822. The predicted molar refractivity (Wildman–Crippen MR) is 39.5 cm³/mol. The Hall–Kier alpha value is -0.410. The predicted octanol–water partition coefficient (Wildman–Crippen LogP) is 1.35. The first-order valence-electron chi connectivity index (χ1n) is 2.07. The number of hydrogen-bond donors (Lipinski definition) is 1. The van der Waals surface area contributed by atoms with E-state index in [1.807, 2.05) is 0 Å². The van der Waals surface area contributed by atoms with Gasteiger partial charge in [0, 0.05) is 12.1 Å². The van der Waals surface area contributed by atoms with E-state index in [-0.39, 0.29) is 17.8 Å². The van der Waals surface area contributed by atoms with Gasteiger partial charge in [0.05, 0.1) is 6.26 Å². The van der Waals surface area contributed by atoms with Gasteiger partial charge in [-0.1, -0.05) is 0 Å². The molecule has 0 unspecified atom stereocenters. The van der Waals surface area contributed by atoms with Gasteiger partial charge in [-0.2, -0.15) is 0 Å². The fourth-order valence-electron chi connectivity index (χ4n) is 0.375. The van der Waals surface area contributed by atoms with Crippen molar-refractivity contribution in [3.8, 4) is 0 Å². The van der Waals surface area contributed by atoms with Crippen molar-refractivity contribution in [2.75, 3.05) is 0 Å². The van der Waals surface area contributed by atoms with E-state index >= 15 is 0 Å². The van der Waals surface area contributed by atoms with Crippen LogP contribution >= 0.6 is 25.0 Å². The van der Waals surface area contributed by atoms with E-state index in [0.717, 1.165) is 0 Å². The molecule has 0 atom stereocenters. The maximum Gasteiger partial charge on any atom is 0.185 e. The summed E-state index contributed by atoms with van der Waals surface area (Å²) < 4.78 is 4.67. The van der Waals surface area contributed by atoms with Crippen LogP contribution in [0.1, 0.15) is 0 Å². The average molecular weight is 165 g/mol. The summed E-state index contributed by atoms with van der Waals surface area (Å²) in [6, 6.07) is 2.64. The van der Waals surface area contributed by atoms with Crippen LogP contribution in [-0.4, -0.2) is 0 Å². The van der Waals surface area contributed by atoms with E-state index in [9.17, 15) is 4.79 Å². The number of rotatable bonds is 0. The Morgan fingerprint density at radius 1 is 1.56 bits per heavy atom. The summed E-state index contributed by atoms with van der Waals surface area (Å²) in [5, 5.41) is 0.345. The number of thiol groups is 1. The Morgan fingerprint density at radius 2 is 2.22 bits per heavy atom. The smallest absolute Gasteiger partial charge is 0.185 e. The van der Waals surface area contributed by atoms with E-state index in [0.29, 0.717) is 5.09 Å². The van der Waals surface area contributed by atoms with Crippen molar-refractivity contribution in [1.82, 2.24) is 0 Å². The lowest BCUT2D eigenvalue weighted by Crippen LogP contribution is -1.92. The third kappa shape index (κ3) is 2.58. The van der Waals surface area contributed by atoms with Gasteiger partial charge in [0.1, 0.15) is 0 Å². The summed E-state index contributed by atoms with van der Waals surface area (Å²) in [7, 11) is 0. The minimum absolute atomic E-state index is 0. The molecule has 1 aromatic heterocycles. The second kappa shape index (κ2) is 3.58. The van der Waals surface area contributed by atoms with E-state index < -0.39 is 0 Å². The Morgan fingerprint density at radius 3 is 2.56 bits per heavy atom. The normalized spacial score (nSPS) is 8.11. The third-order valence-corrected chi connectivity index (χ3v) is 0.921. The summed E-state index contributed by atoms with van der Waals surface area (Å²) in [4.78, 5) is 10.4. The van der Waals surface area contributed by atoms with Gasteiger partial charge in [0.15, 0.2) is 10.5 Å². The van der Waals surface area contributed by atoms with Crippen LogP contribution in [0.25, 0.3) is 0 Å². The van der Waals surface area contributed by atoms with Gasteiger partial charge in [0.2, 0.25) is 0 Å². The molecule has 0 saturated carbocycles. The Labute approximate surface area is 63.7 Å². The molecule has 0 amide bonds. The standard InChI is InChI=1S/C5H4O2S.ClH/c6-4-1-2-7-5(8)3-4;/h1-3,8H;1H. The maximum atomic E-state index is 10.4. The summed E-state index contributed by atoms with van der Waals surface area (Å²) in [5.74, 6) is 0. The quantitative estimate of drug-likeness (QED) is 0.587. The van der Waals surface area contributed by atoms with Gasteiger partial charge in [0.25, 0.3) is 0 Å². The molecule has 0 N–H and O–H groups in total. The minimum atomic E-state index is -0.0822. The van der Waals surface area contributed by atoms with Crippen molar-refractivity contribution in [3.05, 3.63) is 28.6 Å². The first-order chi connectivity index (χ1) is 3.79. The fourth-order valence-corrected chi connectivity index (χ4v) is 0.563. The van der Waals surface area contributed by atoms with Crippen molar-refractivity contribution in [3.63, 3.8) is 0 Å². The topological polar surface area (TPSA) is 30.2 Å². The molecule has 0 aliphatic heterocycles. The molecule has 1 aromatic rings. The van der Waals surface area contributed by atoms with Gasteiger partial charge in [-0.25, -0.2) is 0 Å². The molecular formula is C5H5ClO2S. The Kier molecular flexibility index (Phi) is 3.42. The largest absolute Gasteiger partial charge is 0.458 e. The van der Waals surface area contributed by atoms with Crippen LogP contribution in [-0.2, 0) is 0 Å². The van der Waals surface area contributed by atoms with Gasteiger partial charge < -0.3 is 4.42 Å². The highest BCUT2D eigenvalue weighted by Crippen LogP contribution is 1.97. The molecule has 0 aliphatic rings. The van der Waals surface area contributed by atoms with Crippen LogP contribution in [0.15, 0.2) is 32.7 Å². The van der Waals surface area contributed by atoms with E-state index in [1.165, 1.54) is 18.4 Å². The second-order valence-electron chi connectivity index (χ2n) is 1.31. The molecule has 0 fully saturated rings. The van der Waals surface area contributed by atoms with Crippen LogP contribution < -0.4 is 5.43 Å². The van der Waals surface area contributed by atoms with Crippen molar-refractivity contribution in [2.45, 2.75) is 5.09 Å². The third-order valence-electron chi connectivity index (χ3n) is 0.687. The lowest BCUT2D eigenvalue weighted by molar-refractivity contribution is 0.455. The van der Waals surface area contributed by atoms with Crippen LogP contribution in [0, 0.1) is 0 Å². The SMILES string of the molecule is Cl.O=c1ccoc(S)c1. The molecule has 50 valence electrons. The van der Waals surface area contributed by atoms with Gasteiger partial charge >= 0.3 is 0 Å². The van der Waals surface area contributed by atoms with Gasteiger partial charge in [-0.15, -0.1) is 25.0 Å². The highest BCUT2D eigenvalue weighted by molar-refractivity contribution is 7.80. The first-order valence-corrected chi connectivity index (χ1v) is 2.51. The van der Waals surface area contributed by atoms with Crippen molar-refractivity contribution < 1.29 is 4.42 Å². The monoisotopic (exact) mass is 164 g/mol. The molecule has 0 spiro atoms. The lowest BCUT2D eigenvalue weighted by atomic mass is 10.5. The Balaban J connectivity index is 0.000000640. The van der Waals surface area contributed by atoms with Crippen LogP contribution in [0.5, 0.6) is 0 Å². The van der Waals surface area contributed by atoms with E-state index in [2.05, 4.69) is 17.0 Å². The maximum absolute atomic E-state index is 10.4. The first kappa shape index (κ1) is 8.59. The lowest BCUT2D eigenvalue weighted by Gasteiger charge is -1.82. The fraction of sp³-hybridized carbons (Fsp3) is 0. The van der Waals surface area contributed by atoms with Crippen LogP contribution in [0.2, 0.25) is 0 Å². The number of halogens is 1. The van der Waals surface area contributed by atoms with Crippen LogP contribution in [0.3, 0.4) is 0 Å². The summed E-state index contributed by atoms with van der Waals surface area (Å²) >= 11 is 3.79. The molecular weight excluding hydrogens is 160 g/mol. The molecule has 0 aromatic carbocycles. The molecule has 0 saturated heterocycles.